The van der Waals surface area contributed by atoms with Gasteiger partial charge in [0.2, 0.25) is 0 Å². The first kappa shape index (κ1) is 23.6. The molecule has 0 aliphatic heterocycles. The van der Waals surface area contributed by atoms with Gasteiger partial charge in [0.05, 0.1) is 11.7 Å². The van der Waals surface area contributed by atoms with Crippen LogP contribution in [0.2, 0.25) is 0 Å². The van der Waals surface area contributed by atoms with Gasteiger partial charge in [-0.25, -0.2) is 8.42 Å². The highest BCUT2D eigenvalue weighted by molar-refractivity contribution is 7.90. The Morgan fingerprint density at radius 1 is 1.19 bits per heavy atom. The molecule has 0 saturated heterocycles. The molecule has 0 N–H and O–H groups in total. The standard InChI is InChI=1S/C14H18F7NO4S/c1-4-7-5-9(23)8(11(7,2)3)6-27(25,26)22-10(24)12(15,16)13(17,18)14(19,20)21/h7-8H,4-6H2,1-3H3,(H,22,24)/p-1. The zero-order valence-corrected chi connectivity index (χ0v) is 15.2. The number of sulfonamides is 1. The van der Waals surface area contributed by atoms with E-state index in [0.717, 1.165) is 0 Å². The van der Waals surface area contributed by atoms with Gasteiger partial charge in [-0.05, 0) is 11.3 Å². The van der Waals surface area contributed by atoms with Gasteiger partial charge < -0.3 is 5.11 Å². The zero-order valence-electron chi connectivity index (χ0n) is 14.4. The first-order chi connectivity index (χ1) is 11.8. The van der Waals surface area contributed by atoms with E-state index in [4.69, 9.17) is 0 Å². The number of Topliss-reactive ketones (excluding diaryl/α,β-unsaturated/α-hetero) is 1. The second-order valence-corrected chi connectivity index (χ2v) is 8.62. The lowest BCUT2D eigenvalue weighted by atomic mass is 9.75. The van der Waals surface area contributed by atoms with E-state index >= 15 is 0 Å². The van der Waals surface area contributed by atoms with Crippen LogP contribution in [0.1, 0.15) is 33.6 Å². The Kier molecular flexibility index (Phi) is 6.03. The molecule has 0 aromatic rings. The van der Waals surface area contributed by atoms with Crippen molar-refractivity contribution < 1.29 is 49.1 Å². The second kappa shape index (κ2) is 6.89. The Bertz CT molecular complexity index is 728. The molecule has 27 heavy (non-hydrogen) atoms. The molecule has 1 saturated carbocycles. The smallest absolute Gasteiger partial charge is 0.460 e. The van der Waals surface area contributed by atoms with Gasteiger partial charge in [0.25, 0.3) is 10.0 Å². The molecule has 1 fully saturated rings. The third-order valence-electron chi connectivity index (χ3n) is 4.90. The van der Waals surface area contributed by atoms with Crippen LogP contribution in [-0.4, -0.2) is 43.9 Å². The third-order valence-corrected chi connectivity index (χ3v) is 6.10. The predicted molar refractivity (Wildman–Crippen MR) is 77.8 cm³/mol. The van der Waals surface area contributed by atoms with Gasteiger partial charge in [-0.15, -0.1) is 0 Å². The van der Waals surface area contributed by atoms with Gasteiger partial charge in [0.1, 0.15) is 5.78 Å². The van der Waals surface area contributed by atoms with Gasteiger partial charge in [0, 0.05) is 12.3 Å². The van der Waals surface area contributed by atoms with Crippen LogP contribution in [0.4, 0.5) is 30.7 Å². The van der Waals surface area contributed by atoms with Gasteiger partial charge in [-0.2, -0.15) is 35.1 Å². The third kappa shape index (κ3) is 4.21. The van der Waals surface area contributed by atoms with Crippen molar-refractivity contribution in [3.63, 3.8) is 0 Å². The molecule has 1 aliphatic rings. The van der Waals surface area contributed by atoms with Crippen LogP contribution in [0, 0.1) is 17.3 Å². The summed E-state index contributed by atoms with van der Waals surface area (Å²) in [5.74, 6) is -20.0. The average molecular weight is 428 g/mol. The number of ketones is 1. The predicted octanol–water partition coefficient (Wildman–Crippen LogP) is 2.55. The van der Waals surface area contributed by atoms with Crippen molar-refractivity contribution in [2.45, 2.75) is 51.6 Å². The van der Waals surface area contributed by atoms with Crippen LogP contribution >= 0.6 is 0 Å². The quantitative estimate of drug-likeness (QED) is 0.370. The molecule has 158 valence electrons. The van der Waals surface area contributed by atoms with Gasteiger partial charge in [-0.3, -0.25) is 4.79 Å². The Morgan fingerprint density at radius 2 is 1.67 bits per heavy atom. The lowest BCUT2D eigenvalue weighted by Gasteiger charge is -2.32. The highest BCUT2D eigenvalue weighted by Gasteiger charge is 2.73. The number of rotatable bonds is 6. The molecule has 5 nitrogen and oxygen atoms in total. The van der Waals surface area contributed by atoms with Crippen LogP contribution < -0.4 is 5.11 Å². The molecule has 0 aromatic carbocycles. The Labute approximate surface area is 150 Å². The highest BCUT2D eigenvalue weighted by Crippen LogP contribution is 2.48. The van der Waals surface area contributed by atoms with Crippen molar-refractivity contribution in [3.05, 3.63) is 0 Å². The van der Waals surface area contributed by atoms with Crippen molar-refractivity contribution in [1.82, 2.24) is 0 Å². The number of halogens is 7. The maximum absolute atomic E-state index is 13.2. The molecule has 13 heteroatoms. The van der Waals surface area contributed by atoms with E-state index in [1.807, 2.05) is 4.40 Å². The average Bonchev–Trinajstić information content (AvgIpc) is 2.67. The summed E-state index contributed by atoms with van der Waals surface area (Å²) in [5, 5.41) is 11.2. The molecule has 2 atom stereocenters. The largest absolute Gasteiger partial charge is 0.857 e. The van der Waals surface area contributed by atoms with E-state index in [-0.39, 0.29) is 12.3 Å². The van der Waals surface area contributed by atoms with Crippen molar-refractivity contribution in [2.24, 2.45) is 21.6 Å². The van der Waals surface area contributed by atoms with E-state index in [1.165, 1.54) is 13.8 Å². The van der Waals surface area contributed by atoms with Gasteiger partial charge in [0.15, 0.2) is 0 Å². The SMILES string of the molecule is CCC1CC(=O)C(CS(=O)(=O)/N=C(\[O-])C(F)(F)C(F)(F)C(F)(F)F)C1(C)C. The molecule has 2 unspecified atom stereocenters. The maximum Gasteiger partial charge on any atom is 0.460 e. The van der Waals surface area contributed by atoms with E-state index in [2.05, 4.69) is 0 Å². The second-order valence-electron chi connectivity index (χ2n) is 6.94. The summed E-state index contributed by atoms with van der Waals surface area (Å²) in [4.78, 5) is 12.0. The maximum atomic E-state index is 13.2. The van der Waals surface area contributed by atoms with E-state index in [9.17, 15) is 49.1 Å². The Morgan fingerprint density at radius 3 is 2.04 bits per heavy atom. The van der Waals surface area contributed by atoms with Crippen molar-refractivity contribution in [2.75, 3.05) is 5.75 Å². The number of hydrogen-bond acceptors (Lipinski definition) is 4. The Balaban J connectivity index is 3.21. The normalized spacial score (nSPS) is 25.1. The summed E-state index contributed by atoms with van der Waals surface area (Å²) >= 11 is 0. The van der Waals surface area contributed by atoms with Gasteiger partial charge in [-0.1, -0.05) is 27.2 Å². The fraction of sp³-hybridized carbons (Fsp3) is 0.857. The van der Waals surface area contributed by atoms with Crippen molar-refractivity contribution in [1.29, 1.82) is 0 Å². The van der Waals surface area contributed by atoms with Crippen molar-refractivity contribution >= 4 is 21.7 Å². The molecular weight excluding hydrogens is 411 g/mol. The molecule has 1 rings (SSSR count). The van der Waals surface area contributed by atoms with Crippen LogP contribution in [0.5, 0.6) is 0 Å². The van der Waals surface area contributed by atoms with Crippen LogP contribution in [-0.2, 0) is 14.8 Å². The van der Waals surface area contributed by atoms with Gasteiger partial charge >= 0.3 is 18.0 Å². The lowest BCUT2D eigenvalue weighted by molar-refractivity contribution is -0.357. The number of alkyl halides is 7. The summed E-state index contributed by atoms with van der Waals surface area (Å²) in [5.41, 5.74) is -0.921. The summed E-state index contributed by atoms with van der Waals surface area (Å²) in [6.07, 6.45) is -6.33. The number of carbonyl (C=O) groups excluding carboxylic acids is 1. The van der Waals surface area contributed by atoms with E-state index in [0.29, 0.717) is 6.42 Å². The fourth-order valence-corrected chi connectivity index (χ4v) is 4.55. The summed E-state index contributed by atoms with van der Waals surface area (Å²) in [6.45, 7) is 4.78. The fourth-order valence-electron chi connectivity index (χ4n) is 3.07. The monoisotopic (exact) mass is 428 g/mol. The topological polar surface area (TPSA) is 86.6 Å². The summed E-state index contributed by atoms with van der Waals surface area (Å²) < 4.78 is 114. The first-order valence-corrected chi connectivity index (χ1v) is 9.27. The van der Waals surface area contributed by atoms with Crippen LogP contribution in [0.3, 0.4) is 0 Å². The highest BCUT2D eigenvalue weighted by atomic mass is 32.2. The molecular formula is C14H17F7NO4S-. The minimum absolute atomic E-state index is 0.0140. The van der Waals surface area contributed by atoms with Crippen LogP contribution in [0.15, 0.2) is 4.40 Å². The number of hydrogen-bond donors (Lipinski definition) is 0. The lowest BCUT2D eigenvalue weighted by Crippen LogP contribution is -2.59. The van der Waals surface area contributed by atoms with E-state index < -0.39 is 56.8 Å². The minimum Gasteiger partial charge on any atom is -0.857 e. The molecule has 0 heterocycles. The molecule has 0 radical (unpaired) electrons. The van der Waals surface area contributed by atoms with E-state index in [1.54, 1.807) is 6.92 Å². The molecule has 0 amide bonds. The first-order valence-electron chi connectivity index (χ1n) is 7.66. The minimum atomic E-state index is -6.81. The number of nitrogens with zero attached hydrogens (tertiary/aromatic N) is 1. The van der Waals surface area contributed by atoms with Crippen molar-refractivity contribution in [3.8, 4) is 0 Å². The molecule has 0 aromatic heterocycles. The molecule has 0 spiro atoms. The summed E-state index contributed by atoms with van der Waals surface area (Å²) in [6, 6.07) is 0. The molecule has 0 bridgehead atoms. The van der Waals surface area contributed by atoms with Crippen LogP contribution in [0.25, 0.3) is 0 Å². The number of carbonyl (C=O) groups is 1. The summed E-state index contributed by atoms with van der Waals surface area (Å²) in [7, 11) is -5.21. The molecule has 1 aliphatic carbocycles. The zero-order chi connectivity index (χ0) is 21.6. The Hall–Kier alpha value is -1.40.